The highest BCUT2D eigenvalue weighted by Gasteiger charge is 2.16. The Morgan fingerprint density at radius 3 is 2.65 bits per heavy atom. The second-order valence-corrected chi connectivity index (χ2v) is 7.90. The van der Waals surface area contributed by atoms with Crippen molar-refractivity contribution in [1.29, 1.82) is 0 Å². The first-order chi connectivity index (χ1) is 9.51. The van der Waals surface area contributed by atoms with Gasteiger partial charge in [0.1, 0.15) is 0 Å². The zero-order valence-electron chi connectivity index (χ0n) is 11.3. The SMILES string of the molecule is CCNC(Cc1cc(Cl)ccc1Cl)c1cc(C)c(Br)s1. The van der Waals surface area contributed by atoms with Gasteiger partial charge in [0.25, 0.3) is 0 Å². The first kappa shape index (κ1) is 16.3. The van der Waals surface area contributed by atoms with Gasteiger partial charge in [0.15, 0.2) is 0 Å². The number of hydrogen-bond donors (Lipinski definition) is 1. The molecule has 1 aromatic heterocycles. The molecule has 1 atom stereocenters. The number of nitrogens with one attached hydrogen (secondary N) is 1. The van der Waals surface area contributed by atoms with Crippen LogP contribution < -0.4 is 5.32 Å². The topological polar surface area (TPSA) is 12.0 Å². The summed E-state index contributed by atoms with van der Waals surface area (Å²) in [5.74, 6) is 0. The molecule has 20 heavy (non-hydrogen) atoms. The molecule has 0 bridgehead atoms. The quantitative estimate of drug-likeness (QED) is 0.655. The Morgan fingerprint density at radius 1 is 1.30 bits per heavy atom. The minimum atomic E-state index is 0.256. The Bertz CT molecular complexity index is 578. The zero-order valence-corrected chi connectivity index (χ0v) is 15.3. The van der Waals surface area contributed by atoms with Crippen LogP contribution in [0.5, 0.6) is 0 Å². The second-order valence-electron chi connectivity index (χ2n) is 4.66. The Hall–Kier alpha value is -0.0600. The molecule has 0 aliphatic rings. The van der Waals surface area contributed by atoms with Crippen LogP contribution in [0, 0.1) is 6.92 Å². The van der Waals surface area contributed by atoms with E-state index < -0.39 is 0 Å². The van der Waals surface area contributed by atoms with E-state index in [4.69, 9.17) is 23.2 Å². The van der Waals surface area contributed by atoms with Crippen LogP contribution in [-0.2, 0) is 6.42 Å². The van der Waals surface area contributed by atoms with Crippen molar-refractivity contribution in [3.05, 3.63) is 54.1 Å². The molecule has 1 N–H and O–H groups in total. The van der Waals surface area contributed by atoms with Crippen molar-refractivity contribution in [3.8, 4) is 0 Å². The van der Waals surface area contributed by atoms with Crippen LogP contribution in [0.25, 0.3) is 0 Å². The highest BCUT2D eigenvalue weighted by Crippen LogP contribution is 2.34. The summed E-state index contributed by atoms with van der Waals surface area (Å²) in [7, 11) is 0. The van der Waals surface area contributed by atoms with Crippen LogP contribution >= 0.6 is 50.5 Å². The third-order valence-electron chi connectivity index (χ3n) is 3.10. The summed E-state index contributed by atoms with van der Waals surface area (Å²) in [6.07, 6.45) is 0.833. The number of aryl methyl sites for hydroxylation is 1. The van der Waals surface area contributed by atoms with Gasteiger partial charge < -0.3 is 5.32 Å². The maximum absolute atomic E-state index is 6.27. The molecule has 1 heterocycles. The van der Waals surface area contributed by atoms with E-state index in [1.165, 1.54) is 14.2 Å². The first-order valence-corrected chi connectivity index (χ1v) is 8.81. The molecule has 0 aliphatic carbocycles. The molecule has 0 aliphatic heterocycles. The molecule has 1 unspecified atom stereocenters. The van der Waals surface area contributed by atoms with Gasteiger partial charge in [-0.25, -0.2) is 0 Å². The van der Waals surface area contributed by atoms with Gasteiger partial charge >= 0.3 is 0 Å². The zero-order chi connectivity index (χ0) is 14.7. The molecule has 0 radical (unpaired) electrons. The number of benzene rings is 1. The predicted molar refractivity (Wildman–Crippen MR) is 93.3 cm³/mol. The predicted octanol–water partition coefficient (Wildman–Crippen LogP) is 6.02. The van der Waals surface area contributed by atoms with E-state index >= 15 is 0 Å². The van der Waals surface area contributed by atoms with Gasteiger partial charge in [-0.3, -0.25) is 0 Å². The molecular weight excluding hydrogens is 377 g/mol. The molecule has 2 rings (SSSR count). The first-order valence-electron chi connectivity index (χ1n) is 6.44. The van der Waals surface area contributed by atoms with Crippen LogP contribution in [0.4, 0.5) is 0 Å². The van der Waals surface area contributed by atoms with Gasteiger partial charge in [-0.05, 0) is 71.2 Å². The normalized spacial score (nSPS) is 12.7. The number of thiophene rings is 1. The standard InChI is InChI=1S/C15H16BrCl2NS/c1-3-19-13(14-6-9(2)15(16)20-14)8-10-7-11(17)4-5-12(10)18/h4-7,13,19H,3,8H2,1-2H3. The lowest BCUT2D eigenvalue weighted by Crippen LogP contribution is -2.22. The summed E-state index contributed by atoms with van der Waals surface area (Å²) in [5, 5.41) is 5.02. The van der Waals surface area contributed by atoms with Crippen molar-refractivity contribution in [2.45, 2.75) is 26.3 Å². The van der Waals surface area contributed by atoms with E-state index in [9.17, 15) is 0 Å². The summed E-state index contributed by atoms with van der Waals surface area (Å²) in [6.45, 7) is 5.14. The molecular formula is C15H16BrCl2NS. The number of likely N-dealkylation sites (N-methyl/N-ethyl adjacent to an activating group) is 1. The van der Waals surface area contributed by atoms with Crippen molar-refractivity contribution in [3.63, 3.8) is 0 Å². The van der Waals surface area contributed by atoms with Crippen molar-refractivity contribution in [1.82, 2.24) is 5.32 Å². The molecule has 0 saturated carbocycles. The Labute approximate surface area is 142 Å². The van der Waals surface area contributed by atoms with Crippen molar-refractivity contribution in [2.24, 2.45) is 0 Å². The monoisotopic (exact) mass is 391 g/mol. The van der Waals surface area contributed by atoms with Gasteiger partial charge in [-0.2, -0.15) is 0 Å². The lowest BCUT2D eigenvalue weighted by atomic mass is 10.0. The summed E-state index contributed by atoms with van der Waals surface area (Å²) in [6, 6.07) is 8.11. The second kappa shape index (κ2) is 7.28. The van der Waals surface area contributed by atoms with Gasteiger partial charge in [0.2, 0.25) is 0 Å². The Balaban J connectivity index is 2.27. The minimum Gasteiger partial charge on any atom is -0.309 e. The molecule has 0 amide bonds. The Kier molecular flexibility index (Phi) is 5.94. The van der Waals surface area contributed by atoms with Crippen LogP contribution in [0.3, 0.4) is 0 Å². The molecule has 0 saturated heterocycles. The summed E-state index contributed by atoms with van der Waals surface area (Å²) in [5.41, 5.74) is 2.34. The number of halogens is 3. The van der Waals surface area contributed by atoms with E-state index in [0.29, 0.717) is 0 Å². The smallest absolute Gasteiger partial charge is 0.0731 e. The molecule has 2 aromatic rings. The molecule has 5 heteroatoms. The largest absolute Gasteiger partial charge is 0.309 e. The molecule has 1 aromatic carbocycles. The maximum atomic E-state index is 6.27. The molecule has 0 spiro atoms. The van der Waals surface area contributed by atoms with E-state index in [-0.39, 0.29) is 6.04 Å². The molecule has 0 fully saturated rings. The third-order valence-corrected chi connectivity index (χ3v) is 5.96. The van der Waals surface area contributed by atoms with E-state index in [1.54, 1.807) is 11.3 Å². The fourth-order valence-corrected chi connectivity index (χ4v) is 4.13. The summed E-state index contributed by atoms with van der Waals surface area (Å²) >= 11 is 17.7. The molecule has 108 valence electrons. The fraction of sp³-hybridized carbons (Fsp3) is 0.333. The van der Waals surface area contributed by atoms with Crippen LogP contribution in [0.15, 0.2) is 28.1 Å². The summed E-state index contributed by atoms with van der Waals surface area (Å²) < 4.78 is 1.19. The lowest BCUT2D eigenvalue weighted by molar-refractivity contribution is 0.558. The van der Waals surface area contributed by atoms with Crippen molar-refractivity contribution in [2.75, 3.05) is 6.54 Å². The third kappa shape index (κ3) is 3.99. The molecule has 1 nitrogen and oxygen atoms in total. The van der Waals surface area contributed by atoms with Crippen LogP contribution in [0.2, 0.25) is 10.0 Å². The van der Waals surface area contributed by atoms with E-state index in [0.717, 1.165) is 28.6 Å². The fourth-order valence-electron chi connectivity index (χ4n) is 2.09. The van der Waals surface area contributed by atoms with Gasteiger partial charge in [-0.1, -0.05) is 30.1 Å². The lowest BCUT2D eigenvalue weighted by Gasteiger charge is -2.17. The van der Waals surface area contributed by atoms with Crippen molar-refractivity contribution >= 4 is 50.5 Å². The van der Waals surface area contributed by atoms with Gasteiger partial charge in [-0.15, -0.1) is 11.3 Å². The van der Waals surface area contributed by atoms with Gasteiger partial charge in [0, 0.05) is 21.0 Å². The van der Waals surface area contributed by atoms with Crippen LogP contribution in [0.1, 0.15) is 29.0 Å². The van der Waals surface area contributed by atoms with Crippen LogP contribution in [-0.4, -0.2) is 6.54 Å². The Morgan fingerprint density at radius 2 is 2.05 bits per heavy atom. The maximum Gasteiger partial charge on any atom is 0.0731 e. The number of rotatable bonds is 5. The van der Waals surface area contributed by atoms with Crippen molar-refractivity contribution < 1.29 is 0 Å². The van der Waals surface area contributed by atoms with E-state index in [1.807, 2.05) is 18.2 Å². The van der Waals surface area contributed by atoms with E-state index in [2.05, 4.69) is 41.2 Å². The average Bonchev–Trinajstić information content (AvgIpc) is 2.73. The number of hydrogen-bond acceptors (Lipinski definition) is 2. The minimum absolute atomic E-state index is 0.256. The highest BCUT2D eigenvalue weighted by molar-refractivity contribution is 9.11. The average molecular weight is 393 g/mol. The summed E-state index contributed by atoms with van der Waals surface area (Å²) in [4.78, 5) is 1.31. The van der Waals surface area contributed by atoms with Gasteiger partial charge in [0.05, 0.1) is 3.79 Å². The highest BCUT2D eigenvalue weighted by atomic mass is 79.9.